The van der Waals surface area contributed by atoms with Gasteiger partial charge < -0.3 is 5.11 Å². The van der Waals surface area contributed by atoms with Gasteiger partial charge in [-0.05, 0) is 18.2 Å². The Morgan fingerprint density at radius 2 is 1.73 bits per heavy atom. The summed E-state index contributed by atoms with van der Waals surface area (Å²) in [4.78, 5) is 35.3. The third kappa shape index (κ3) is 1.91. The molecule has 0 aromatic carbocycles. The Labute approximate surface area is 133 Å². The monoisotopic (exact) mass is 331 g/mol. The number of hydrogen-bond donors (Lipinski definition) is 1. The van der Waals surface area contributed by atoms with Gasteiger partial charge in [-0.2, -0.15) is 0 Å². The summed E-state index contributed by atoms with van der Waals surface area (Å²) in [6.45, 7) is 0. The average Bonchev–Trinajstić information content (AvgIpc) is 2.79. The summed E-state index contributed by atoms with van der Waals surface area (Å²) >= 11 is 2.83. The van der Waals surface area contributed by atoms with Gasteiger partial charge in [-0.15, -0.1) is 23.5 Å². The van der Waals surface area contributed by atoms with Crippen molar-refractivity contribution in [1.29, 1.82) is 0 Å². The van der Waals surface area contributed by atoms with Crippen LogP contribution in [0.25, 0.3) is 11.0 Å². The average molecular weight is 331 g/mol. The number of aromatic nitrogens is 2. The van der Waals surface area contributed by atoms with Gasteiger partial charge in [0, 0.05) is 17.7 Å². The number of thioether (sulfide) groups is 2. The fraction of sp³-hybridized carbons (Fsp3) is 0.143. The fourth-order valence-corrected chi connectivity index (χ4v) is 4.66. The Bertz CT molecular complexity index is 838. The van der Waals surface area contributed by atoms with Crippen LogP contribution >= 0.6 is 23.5 Å². The minimum Gasteiger partial charge on any atom is -0.507 e. The predicted octanol–water partition coefficient (Wildman–Crippen LogP) is 1.90. The minimum atomic E-state index is -0.329. The van der Waals surface area contributed by atoms with Gasteiger partial charge in [-0.25, -0.2) is 14.9 Å². The van der Waals surface area contributed by atoms with Gasteiger partial charge in [0.2, 0.25) is 0 Å². The highest BCUT2D eigenvalue weighted by molar-refractivity contribution is 8.11. The second-order valence-electron chi connectivity index (χ2n) is 4.67. The number of anilines is 1. The lowest BCUT2D eigenvalue weighted by atomic mass is 10.2. The maximum Gasteiger partial charge on any atom is 0.274 e. The number of rotatable bonds is 1. The quantitative estimate of drug-likeness (QED) is 0.799. The van der Waals surface area contributed by atoms with Gasteiger partial charge in [0.15, 0.2) is 5.65 Å². The van der Waals surface area contributed by atoms with Gasteiger partial charge >= 0.3 is 0 Å². The highest BCUT2D eigenvalue weighted by atomic mass is 32.2. The van der Waals surface area contributed by atoms with Crippen LogP contribution < -0.4 is 4.90 Å². The highest BCUT2D eigenvalue weighted by Gasteiger charge is 2.41. The number of fused-ring (bicyclic) bond motifs is 1. The standard InChI is InChI=1S/C14H9N3O3S2/c18-8-3-4-15-12-7(8)1-2-9(16-12)17-13(19)10-11(14(17)20)22-6-5-21-10/h1-4H,5-6H2,(H,15,16,18). The van der Waals surface area contributed by atoms with Gasteiger partial charge in [0.1, 0.15) is 11.6 Å². The zero-order valence-corrected chi connectivity index (χ0v) is 12.8. The van der Waals surface area contributed by atoms with E-state index in [0.717, 1.165) is 16.4 Å². The molecule has 1 N–H and O–H groups in total. The molecule has 0 spiro atoms. The summed E-state index contributed by atoms with van der Waals surface area (Å²) in [5, 5.41) is 10.2. The Kier molecular flexibility index (Phi) is 3.08. The Balaban J connectivity index is 1.80. The minimum absolute atomic E-state index is 0.0617. The first-order chi connectivity index (χ1) is 10.7. The van der Waals surface area contributed by atoms with E-state index >= 15 is 0 Å². The third-order valence-electron chi connectivity index (χ3n) is 3.37. The van der Waals surface area contributed by atoms with E-state index in [4.69, 9.17) is 0 Å². The molecule has 2 aromatic heterocycles. The number of carbonyl (C=O) groups excluding carboxylic acids is 2. The first-order valence-corrected chi connectivity index (χ1v) is 8.47. The zero-order chi connectivity index (χ0) is 15.3. The number of aromatic hydroxyl groups is 1. The van der Waals surface area contributed by atoms with Gasteiger partial charge in [-0.1, -0.05) is 0 Å². The molecule has 0 unspecified atom stereocenters. The van der Waals surface area contributed by atoms with Crippen LogP contribution in [0, 0.1) is 0 Å². The second-order valence-corrected chi connectivity index (χ2v) is 6.88. The van der Waals surface area contributed by atoms with Crippen LogP contribution in [0.2, 0.25) is 0 Å². The molecule has 2 amide bonds. The number of carbonyl (C=O) groups is 2. The summed E-state index contributed by atoms with van der Waals surface area (Å²) in [5.41, 5.74) is 0.295. The zero-order valence-electron chi connectivity index (χ0n) is 11.1. The molecular formula is C14H9N3O3S2. The van der Waals surface area contributed by atoms with Crippen LogP contribution in [0.5, 0.6) is 5.75 Å². The van der Waals surface area contributed by atoms with Crippen molar-refractivity contribution in [3.8, 4) is 5.75 Å². The van der Waals surface area contributed by atoms with E-state index in [1.54, 1.807) is 12.1 Å². The molecule has 2 aliphatic heterocycles. The van der Waals surface area contributed by atoms with Crippen molar-refractivity contribution in [1.82, 2.24) is 9.97 Å². The van der Waals surface area contributed by atoms with Crippen molar-refractivity contribution in [2.75, 3.05) is 16.4 Å². The van der Waals surface area contributed by atoms with Crippen LogP contribution in [-0.4, -0.2) is 38.4 Å². The van der Waals surface area contributed by atoms with E-state index in [2.05, 4.69) is 9.97 Å². The molecule has 0 saturated carbocycles. The molecule has 0 aliphatic carbocycles. The summed E-state index contributed by atoms with van der Waals surface area (Å²) in [6, 6.07) is 4.62. The van der Waals surface area contributed by atoms with E-state index in [1.807, 2.05) is 0 Å². The summed E-state index contributed by atoms with van der Waals surface area (Å²) in [6.07, 6.45) is 1.43. The first kappa shape index (κ1) is 13.6. The van der Waals surface area contributed by atoms with Crippen molar-refractivity contribution < 1.29 is 14.7 Å². The fourth-order valence-electron chi connectivity index (χ4n) is 2.37. The molecule has 2 aromatic rings. The van der Waals surface area contributed by atoms with Gasteiger partial charge in [0.05, 0.1) is 15.2 Å². The Hall–Kier alpha value is -2.06. The molecular weight excluding hydrogens is 322 g/mol. The van der Waals surface area contributed by atoms with Crippen LogP contribution in [-0.2, 0) is 9.59 Å². The Morgan fingerprint density at radius 1 is 1.05 bits per heavy atom. The number of nitrogens with zero attached hydrogens (tertiary/aromatic N) is 3. The van der Waals surface area contributed by atoms with Gasteiger partial charge in [-0.3, -0.25) is 9.59 Å². The lowest BCUT2D eigenvalue weighted by Gasteiger charge is -2.13. The normalized spacial score (nSPS) is 18.3. The molecule has 4 heterocycles. The molecule has 0 atom stereocenters. The lowest BCUT2D eigenvalue weighted by molar-refractivity contribution is -0.120. The molecule has 8 heteroatoms. The summed E-state index contributed by atoms with van der Waals surface area (Å²) < 4.78 is 0. The van der Waals surface area contributed by atoms with E-state index in [0.29, 0.717) is 20.8 Å². The second kappa shape index (κ2) is 4.99. The molecule has 0 bridgehead atoms. The largest absolute Gasteiger partial charge is 0.507 e. The maximum absolute atomic E-state index is 12.5. The number of hydrogen-bond acceptors (Lipinski definition) is 7. The number of pyridine rings is 2. The maximum atomic E-state index is 12.5. The summed E-state index contributed by atoms with van der Waals surface area (Å²) in [7, 11) is 0. The lowest BCUT2D eigenvalue weighted by Crippen LogP contribution is -2.31. The van der Waals surface area contributed by atoms with Crippen LogP contribution in [0.15, 0.2) is 34.2 Å². The SMILES string of the molecule is O=C1C2=C(SCCS2)C(=O)N1c1ccc2c(O)ccnc2n1. The van der Waals surface area contributed by atoms with Crippen LogP contribution in [0.1, 0.15) is 0 Å². The van der Waals surface area contributed by atoms with E-state index in [1.165, 1.54) is 35.8 Å². The van der Waals surface area contributed by atoms with Crippen LogP contribution in [0.4, 0.5) is 5.82 Å². The van der Waals surface area contributed by atoms with Crippen molar-refractivity contribution in [2.45, 2.75) is 0 Å². The molecule has 6 nitrogen and oxygen atoms in total. The first-order valence-electron chi connectivity index (χ1n) is 6.50. The molecule has 110 valence electrons. The van der Waals surface area contributed by atoms with E-state index < -0.39 is 0 Å². The number of imide groups is 1. The van der Waals surface area contributed by atoms with Crippen molar-refractivity contribution in [3.63, 3.8) is 0 Å². The molecule has 4 rings (SSSR count). The highest BCUT2D eigenvalue weighted by Crippen LogP contribution is 2.42. The smallest absolute Gasteiger partial charge is 0.274 e. The molecule has 2 aliphatic rings. The van der Waals surface area contributed by atoms with Crippen molar-refractivity contribution in [3.05, 3.63) is 34.2 Å². The summed E-state index contributed by atoms with van der Waals surface area (Å²) in [5.74, 6) is 1.27. The van der Waals surface area contributed by atoms with E-state index in [-0.39, 0.29) is 23.4 Å². The Morgan fingerprint density at radius 3 is 2.41 bits per heavy atom. The van der Waals surface area contributed by atoms with Crippen LogP contribution in [0.3, 0.4) is 0 Å². The number of amides is 2. The molecule has 22 heavy (non-hydrogen) atoms. The predicted molar refractivity (Wildman–Crippen MR) is 85.6 cm³/mol. The molecule has 0 fully saturated rings. The molecule has 0 radical (unpaired) electrons. The topological polar surface area (TPSA) is 83.4 Å². The van der Waals surface area contributed by atoms with Gasteiger partial charge in [0.25, 0.3) is 11.8 Å². The third-order valence-corrected chi connectivity index (χ3v) is 5.91. The molecule has 0 saturated heterocycles. The van der Waals surface area contributed by atoms with Crippen molar-refractivity contribution in [2.24, 2.45) is 0 Å². The van der Waals surface area contributed by atoms with Crippen molar-refractivity contribution >= 4 is 52.2 Å². The van der Waals surface area contributed by atoms with E-state index in [9.17, 15) is 14.7 Å².